The average molecular weight is 389 g/mol. The van der Waals surface area contributed by atoms with E-state index in [4.69, 9.17) is 34.8 Å². The first-order valence-corrected chi connectivity index (χ1v) is 7.43. The Bertz CT molecular complexity index is 822. The summed E-state index contributed by atoms with van der Waals surface area (Å²) in [4.78, 5) is 33.9. The Hall–Kier alpha value is -2.35. The molecule has 0 radical (unpaired) electrons. The maximum absolute atomic E-state index is 12.0. The predicted molar refractivity (Wildman–Crippen MR) is 91.1 cm³/mol. The fourth-order valence-electron chi connectivity index (χ4n) is 1.78. The van der Waals surface area contributed by atoms with Crippen LogP contribution >= 0.6 is 34.8 Å². The highest BCUT2D eigenvalue weighted by atomic mass is 35.5. The number of hydrogen-bond donors (Lipinski definition) is 2. The lowest BCUT2D eigenvalue weighted by Crippen LogP contribution is -2.34. The van der Waals surface area contributed by atoms with Crippen molar-refractivity contribution in [1.82, 2.24) is 5.32 Å². The van der Waals surface area contributed by atoms with E-state index >= 15 is 0 Å². The summed E-state index contributed by atoms with van der Waals surface area (Å²) in [5.41, 5.74) is -0.180. The van der Waals surface area contributed by atoms with Gasteiger partial charge in [-0.2, -0.15) is 0 Å². The molecule has 124 valence electrons. The maximum atomic E-state index is 12.0. The molecule has 0 fully saturated rings. The number of amides is 3. The zero-order chi connectivity index (χ0) is 17.9. The number of halogens is 3. The Labute approximate surface area is 150 Å². The van der Waals surface area contributed by atoms with Crippen LogP contribution in [0, 0.1) is 10.1 Å². The summed E-state index contributed by atoms with van der Waals surface area (Å²) < 4.78 is 0. The SMILES string of the molecule is O=C(NC(=O)c1c(Cl)cccc1Cl)Nc1ccc([N+](=O)[O-])c(Cl)c1. The number of rotatable bonds is 3. The first-order valence-electron chi connectivity index (χ1n) is 6.30. The third-order valence-electron chi connectivity index (χ3n) is 2.82. The quantitative estimate of drug-likeness (QED) is 0.596. The molecule has 0 unspecified atom stereocenters. The van der Waals surface area contributed by atoms with Crippen LogP contribution < -0.4 is 10.6 Å². The van der Waals surface area contributed by atoms with Crippen molar-refractivity contribution < 1.29 is 14.5 Å². The van der Waals surface area contributed by atoms with E-state index in [9.17, 15) is 19.7 Å². The normalized spacial score (nSPS) is 10.1. The van der Waals surface area contributed by atoms with Crippen LogP contribution in [0.3, 0.4) is 0 Å². The minimum Gasteiger partial charge on any atom is -0.308 e. The highest BCUT2D eigenvalue weighted by Crippen LogP contribution is 2.27. The number of nitro groups is 1. The van der Waals surface area contributed by atoms with Gasteiger partial charge in [-0.1, -0.05) is 40.9 Å². The van der Waals surface area contributed by atoms with Crippen LogP contribution in [0.5, 0.6) is 0 Å². The number of nitrogens with zero attached hydrogens (tertiary/aromatic N) is 1. The molecular formula is C14H8Cl3N3O4. The van der Waals surface area contributed by atoms with Gasteiger partial charge in [0.2, 0.25) is 0 Å². The Morgan fingerprint density at radius 1 is 1.00 bits per heavy atom. The lowest BCUT2D eigenvalue weighted by Gasteiger charge is -2.09. The zero-order valence-electron chi connectivity index (χ0n) is 11.7. The maximum Gasteiger partial charge on any atom is 0.326 e. The molecule has 0 bridgehead atoms. The monoisotopic (exact) mass is 387 g/mol. The lowest BCUT2D eigenvalue weighted by molar-refractivity contribution is -0.384. The van der Waals surface area contributed by atoms with Gasteiger partial charge in [0.15, 0.2) is 0 Å². The topological polar surface area (TPSA) is 101 Å². The molecule has 0 saturated heterocycles. The molecule has 0 spiro atoms. The lowest BCUT2D eigenvalue weighted by atomic mass is 10.2. The van der Waals surface area contributed by atoms with Crippen molar-refractivity contribution in [2.45, 2.75) is 0 Å². The van der Waals surface area contributed by atoms with Gasteiger partial charge in [-0.25, -0.2) is 4.79 Å². The van der Waals surface area contributed by atoms with Crippen LogP contribution in [0.1, 0.15) is 10.4 Å². The second-order valence-corrected chi connectivity index (χ2v) is 5.65. The molecule has 0 aliphatic heterocycles. The van der Waals surface area contributed by atoms with Gasteiger partial charge in [0.1, 0.15) is 5.02 Å². The molecule has 0 aromatic heterocycles. The van der Waals surface area contributed by atoms with Crippen LogP contribution in [0.25, 0.3) is 0 Å². The van der Waals surface area contributed by atoms with Gasteiger partial charge in [-0.05, 0) is 24.3 Å². The van der Waals surface area contributed by atoms with E-state index < -0.39 is 16.9 Å². The number of benzene rings is 2. The van der Waals surface area contributed by atoms with Crippen LogP contribution in [0.4, 0.5) is 16.2 Å². The molecule has 2 N–H and O–H groups in total. The Balaban J connectivity index is 2.10. The van der Waals surface area contributed by atoms with E-state index in [1.807, 2.05) is 5.32 Å². The second kappa shape index (κ2) is 7.48. The molecule has 2 aromatic carbocycles. The first kappa shape index (κ1) is 18.0. The van der Waals surface area contributed by atoms with Gasteiger partial charge in [0.05, 0.1) is 20.5 Å². The van der Waals surface area contributed by atoms with Crippen LogP contribution in [0.15, 0.2) is 36.4 Å². The summed E-state index contributed by atoms with van der Waals surface area (Å²) in [5.74, 6) is -0.795. The fraction of sp³-hybridized carbons (Fsp3) is 0. The van der Waals surface area contributed by atoms with Gasteiger partial charge in [0, 0.05) is 11.8 Å². The number of anilines is 1. The summed E-state index contributed by atoms with van der Waals surface area (Å²) in [7, 11) is 0. The number of imide groups is 1. The smallest absolute Gasteiger partial charge is 0.308 e. The van der Waals surface area contributed by atoms with Gasteiger partial charge < -0.3 is 5.32 Å². The number of carbonyl (C=O) groups excluding carboxylic acids is 2. The van der Waals surface area contributed by atoms with Crippen molar-refractivity contribution in [3.05, 3.63) is 67.1 Å². The van der Waals surface area contributed by atoms with E-state index in [1.165, 1.54) is 24.3 Å². The molecule has 0 atom stereocenters. The van der Waals surface area contributed by atoms with Crippen molar-refractivity contribution >= 4 is 58.1 Å². The molecule has 0 aliphatic carbocycles. The van der Waals surface area contributed by atoms with Crippen molar-refractivity contribution in [3.8, 4) is 0 Å². The standard InChI is InChI=1S/C14H8Cl3N3O4/c15-8-2-1-3-9(16)12(8)13(21)19-14(22)18-7-4-5-11(20(23)24)10(17)6-7/h1-6H,(H2,18,19,21,22). The Kier molecular flexibility index (Phi) is 5.61. The van der Waals surface area contributed by atoms with Crippen molar-refractivity contribution in [2.75, 3.05) is 5.32 Å². The molecular weight excluding hydrogens is 381 g/mol. The Morgan fingerprint density at radius 3 is 2.17 bits per heavy atom. The second-order valence-electron chi connectivity index (χ2n) is 4.43. The summed E-state index contributed by atoms with van der Waals surface area (Å²) in [6.07, 6.45) is 0. The highest BCUT2D eigenvalue weighted by molar-refractivity contribution is 6.40. The fourth-order valence-corrected chi connectivity index (χ4v) is 2.59. The predicted octanol–water partition coefficient (Wildman–Crippen LogP) is 4.52. The van der Waals surface area contributed by atoms with Crippen LogP contribution in [-0.4, -0.2) is 16.9 Å². The van der Waals surface area contributed by atoms with E-state index in [-0.39, 0.29) is 32.0 Å². The van der Waals surface area contributed by atoms with Crippen molar-refractivity contribution in [2.24, 2.45) is 0 Å². The first-order chi connectivity index (χ1) is 11.3. The van der Waals surface area contributed by atoms with E-state index in [1.54, 1.807) is 6.07 Å². The molecule has 24 heavy (non-hydrogen) atoms. The molecule has 2 rings (SSSR count). The van der Waals surface area contributed by atoms with E-state index in [0.29, 0.717) is 0 Å². The van der Waals surface area contributed by atoms with Gasteiger partial charge in [-0.15, -0.1) is 0 Å². The molecule has 10 heteroatoms. The summed E-state index contributed by atoms with van der Waals surface area (Å²) >= 11 is 17.5. The third-order valence-corrected chi connectivity index (χ3v) is 3.75. The average Bonchev–Trinajstić information content (AvgIpc) is 2.46. The molecule has 0 aliphatic rings. The number of carbonyl (C=O) groups is 2. The molecule has 0 saturated carbocycles. The Morgan fingerprint density at radius 2 is 1.62 bits per heavy atom. The van der Waals surface area contributed by atoms with E-state index in [0.717, 1.165) is 6.07 Å². The number of nitrogens with one attached hydrogen (secondary N) is 2. The van der Waals surface area contributed by atoms with Gasteiger partial charge >= 0.3 is 6.03 Å². The number of urea groups is 1. The van der Waals surface area contributed by atoms with E-state index in [2.05, 4.69) is 5.32 Å². The van der Waals surface area contributed by atoms with Crippen LogP contribution in [-0.2, 0) is 0 Å². The number of nitro benzene ring substituents is 1. The summed E-state index contributed by atoms with van der Waals surface area (Å²) in [6, 6.07) is 7.18. The van der Waals surface area contributed by atoms with Gasteiger partial charge in [-0.3, -0.25) is 20.2 Å². The minimum atomic E-state index is -0.874. The summed E-state index contributed by atoms with van der Waals surface area (Å²) in [6.45, 7) is 0. The zero-order valence-corrected chi connectivity index (χ0v) is 13.9. The third kappa shape index (κ3) is 4.14. The van der Waals surface area contributed by atoms with Crippen molar-refractivity contribution in [1.29, 1.82) is 0 Å². The van der Waals surface area contributed by atoms with Crippen molar-refractivity contribution in [3.63, 3.8) is 0 Å². The molecule has 3 amide bonds. The summed E-state index contributed by atoms with van der Waals surface area (Å²) in [5, 5.41) is 15.1. The highest BCUT2D eigenvalue weighted by Gasteiger charge is 2.18. The van der Waals surface area contributed by atoms with Crippen LogP contribution in [0.2, 0.25) is 15.1 Å². The molecule has 7 nitrogen and oxygen atoms in total. The molecule has 0 heterocycles. The largest absolute Gasteiger partial charge is 0.326 e. The minimum absolute atomic E-state index is 0.0438. The number of hydrogen-bond acceptors (Lipinski definition) is 4. The van der Waals surface area contributed by atoms with Gasteiger partial charge in [0.25, 0.3) is 11.6 Å². The molecule has 2 aromatic rings.